The van der Waals surface area contributed by atoms with E-state index < -0.39 is 49.5 Å². The maximum Gasteiger partial charge on any atom is 0.220 e. The summed E-state index contributed by atoms with van der Waals surface area (Å²) >= 11 is 0. The minimum absolute atomic E-state index is 0.196. The average molecular weight is 1080 g/mol. The molecule has 0 aliphatic carbocycles. The third-order valence-corrected chi connectivity index (χ3v) is 14.3. The summed E-state index contributed by atoms with van der Waals surface area (Å²) in [6.07, 6.45) is 75.9. The SMILES string of the molecule is CC/C=C\C/C=C\C/C=C\C/C=C\C/C=C\C/C=C\C/C=C\CCCCCCCCCCCC(=O)NC(COC1OC(CO)C(O)C(O)C1O)C(O)/C=C/CC/C=C/CCCCCCCCCCCCCCCCCCC. The second-order valence-corrected chi connectivity index (χ2v) is 21.5. The molecule has 1 aliphatic heterocycles. The lowest BCUT2D eigenvalue weighted by atomic mass is 9.99. The summed E-state index contributed by atoms with van der Waals surface area (Å²) in [5.41, 5.74) is 0. The molecule has 7 unspecified atom stereocenters. The van der Waals surface area contributed by atoms with Gasteiger partial charge in [-0.2, -0.15) is 0 Å². The van der Waals surface area contributed by atoms with Crippen LogP contribution in [0.1, 0.15) is 258 Å². The Balaban J connectivity index is 2.23. The van der Waals surface area contributed by atoms with Crippen LogP contribution in [0.5, 0.6) is 0 Å². The standard InChI is InChI=1S/C68H117NO8/c1-3-5-7-9-11-13-15-17-19-21-23-25-27-28-29-30-31-32-33-34-36-38-40-42-44-46-48-50-52-54-56-58-64(72)69-61(60-76-68-67(75)66(74)65(73)63(59-70)77-68)62(71)57-55-53-51-49-47-45-43-41-39-37-35-26-24-22-20-18-16-14-12-10-8-6-4-2/h5,7,11,13,17,19,23,25,28-29,31-32,34,36,47,49,55,57,61-63,65-68,70-71,73-75H,3-4,6,8-10,12,14-16,18,20-22,24,26-27,30,33,35,37-46,48,50-54,56,58-60H2,1-2H3,(H,69,72)/b7-5-,13-11-,19-17-,25-23-,29-28-,32-31-,36-34-,49-47+,57-55+. The monoisotopic (exact) mass is 1080 g/mol. The molecule has 77 heavy (non-hydrogen) atoms. The third kappa shape index (κ3) is 45.3. The summed E-state index contributed by atoms with van der Waals surface area (Å²) in [5, 5.41) is 54.6. The zero-order valence-electron chi connectivity index (χ0n) is 49.2. The minimum atomic E-state index is -1.58. The average Bonchev–Trinajstić information content (AvgIpc) is 3.43. The van der Waals surface area contributed by atoms with Crippen LogP contribution in [0.4, 0.5) is 0 Å². The molecule has 1 aliphatic rings. The van der Waals surface area contributed by atoms with Crippen LogP contribution in [-0.2, 0) is 14.3 Å². The Labute approximate surface area is 472 Å². The van der Waals surface area contributed by atoms with Crippen molar-refractivity contribution >= 4 is 5.91 Å². The van der Waals surface area contributed by atoms with Gasteiger partial charge in [0.05, 0.1) is 25.4 Å². The van der Waals surface area contributed by atoms with Gasteiger partial charge in [0.1, 0.15) is 24.4 Å². The molecule has 7 atom stereocenters. The Kier molecular flexibility index (Phi) is 52.4. The summed E-state index contributed by atoms with van der Waals surface area (Å²) in [7, 11) is 0. The second kappa shape index (κ2) is 56.1. The number of aliphatic hydroxyl groups is 5. The number of amides is 1. The predicted molar refractivity (Wildman–Crippen MR) is 327 cm³/mol. The largest absolute Gasteiger partial charge is 0.394 e. The molecule has 0 aromatic carbocycles. The topological polar surface area (TPSA) is 149 Å². The van der Waals surface area contributed by atoms with Crippen molar-refractivity contribution < 1.29 is 39.8 Å². The molecule has 9 nitrogen and oxygen atoms in total. The van der Waals surface area contributed by atoms with E-state index in [4.69, 9.17) is 9.47 Å². The maximum atomic E-state index is 13.1. The first-order chi connectivity index (χ1) is 37.8. The maximum absolute atomic E-state index is 13.1. The highest BCUT2D eigenvalue weighted by Crippen LogP contribution is 2.23. The Morgan fingerprint density at radius 2 is 0.818 bits per heavy atom. The molecular weight excluding hydrogens is 959 g/mol. The van der Waals surface area contributed by atoms with Crippen LogP contribution in [-0.4, -0.2) is 87.5 Å². The van der Waals surface area contributed by atoms with Gasteiger partial charge >= 0.3 is 0 Å². The van der Waals surface area contributed by atoms with E-state index in [1.54, 1.807) is 6.08 Å². The number of carbonyl (C=O) groups excluding carboxylic acids is 1. The number of hydrogen-bond donors (Lipinski definition) is 6. The highest BCUT2D eigenvalue weighted by atomic mass is 16.7. The quantitative estimate of drug-likeness (QED) is 0.0261. The molecule has 1 fully saturated rings. The molecule has 0 aromatic heterocycles. The van der Waals surface area contributed by atoms with Crippen LogP contribution < -0.4 is 5.32 Å². The lowest BCUT2D eigenvalue weighted by Crippen LogP contribution is -2.60. The molecule has 1 amide bonds. The van der Waals surface area contributed by atoms with Crippen molar-refractivity contribution in [1.29, 1.82) is 0 Å². The van der Waals surface area contributed by atoms with E-state index >= 15 is 0 Å². The van der Waals surface area contributed by atoms with E-state index in [1.807, 2.05) is 6.08 Å². The first-order valence-corrected chi connectivity index (χ1v) is 31.6. The van der Waals surface area contributed by atoms with Crippen molar-refractivity contribution in [2.24, 2.45) is 0 Å². The summed E-state index contributed by atoms with van der Waals surface area (Å²) in [6.45, 7) is 3.66. The van der Waals surface area contributed by atoms with Crippen molar-refractivity contribution in [3.8, 4) is 0 Å². The summed E-state index contributed by atoms with van der Waals surface area (Å²) in [5.74, 6) is -0.196. The zero-order valence-corrected chi connectivity index (χ0v) is 49.2. The molecule has 1 rings (SSSR count). The molecule has 6 N–H and O–H groups in total. The summed E-state index contributed by atoms with van der Waals surface area (Å²) in [6, 6.07) is -0.834. The number of hydrogen-bond acceptors (Lipinski definition) is 8. The minimum Gasteiger partial charge on any atom is -0.394 e. The molecular formula is C68H117NO8. The van der Waals surface area contributed by atoms with Crippen molar-refractivity contribution in [2.45, 2.75) is 301 Å². The summed E-state index contributed by atoms with van der Waals surface area (Å²) < 4.78 is 11.3. The van der Waals surface area contributed by atoms with Gasteiger partial charge in [-0.1, -0.05) is 271 Å². The van der Waals surface area contributed by atoms with Crippen molar-refractivity contribution in [3.05, 3.63) is 109 Å². The van der Waals surface area contributed by atoms with E-state index in [9.17, 15) is 30.3 Å². The van der Waals surface area contributed by atoms with Gasteiger partial charge in [-0.3, -0.25) is 4.79 Å². The number of aliphatic hydroxyl groups excluding tert-OH is 5. The smallest absolute Gasteiger partial charge is 0.220 e. The van der Waals surface area contributed by atoms with Crippen molar-refractivity contribution in [2.75, 3.05) is 13.2 Å². The molecule has 0 spiro atoms. The number of ether oxygens (including phenoxy) is 2. The fraction of sp³-hybridized carbons (Fsp3) is 0.721. The second-order valence-electron chi connectivity index (χ2n) is 21.5. The molecule has 0 saturated carbocycles. The first-order valence-electron chi connectivity index (χ1n) is 31.6. The molecule has 9 heteroatoms. The molecule has 0 aromatic rings. The molecule has 442 valence electrons. The van der Waals surface area contributed by atoms with E-state index in [1.165, 1.54) is 141 Å². The van der Waals surface area contributed by atoms with Crippen LogP contribution in [0.3, 0.4) is 0 Å². The normalized spacial score (nSPS) is 19.5. The van der Waals surface area contributed by atoms with Gasteiger partial charge in [-0.25, -0.2) is 0 Å². The Morgan fingerprint density at radius 3 is 1.25 bits per heavy atom. The Bertz CT molecular complexity index is 1580. The highest BCUT2D eigenvalue weighted by Gasteiger charge is 2.44. The van der Waals surface area contributed by atoms with Crippen LogP contribution in [0.2, 0.25) is 0 Å². The Morgan fingerprint density at radius 1 is 0.455 bits per heavy atom. The molecule has 1 saturated heterocycles. The van der Waals surface area contributed by atoms with Crippen molar-refractivity contribution in [1.82, 2.24) is 5.32 Å². The number of carbonyl (C=O) groups is 1. The van der Waals surface area contributed by atoms with Gasteiger partial charge in [0.15, 0.2) is 6.29 Å². The Hall–Kier alpha value is -3.15. The van der Waals surface area contributed by atoms with Gasteiger partial charge in [0.2, 0.25) is 5.91 Å². The van der Waals surface area contributed by atoms with Crippen LogP contribution in [0.25, 0.3) is 0 Å². The number of rotatable bonds is 53. The van der Waals surface area contributed by atoms with Gasteiger partial charge in [0.25, 0.3) is 0 Å². The van der Waals surface area contributed by atoms with Crippen LogP contribution in [0.15, 0.2) is 109 Å². The number of unbranched alkanes of at least 4 members (excludes halogenated alkanes) is 27. The van der Waals surface area contributed by atoms with Crippen LogP contribution in [0, 0.1) is 0 Å². The van der Waals surface area contributed by atoms with Gasteiger partial charge < -0.3 is 40.3 Å². The van der Waals surface area contributed by atoms with Crippen molar-refractivity contribution in [3.63, 3.8) is 0 Å². The lowest BCUT2D eigenvalue weighted by Gasteiger charge is -2.40. The van der Waals surface area contributed by atoms with Crippen LogP contribution >= 0.6 is 0 Å². The van der Waals surface area contributed by atoms with E-state index in [-0.39, 0.29) is 12.5 Å². The van der Waals surface area contributed by atoms with Gasteiger partial charge in [-0.15, -0.1) is 0 Å². The van der Waals surface area contributed by atoms with Gasteiger partial charge in [0, 0.05) is 6.42 Å². The molecule has 0 radical (unpaired) electrons. The fourth-order valence-corrected chi connectivity index (χ4v) is 9.39. The third-order valence-electron chi connectivity index (χ3n) is 14.3. The summed E-state index contributed by atoms with van der Waals surface area (Å²) in [4.78, 5) is 13.1. The van der Waals surface area contributed by atoms with Gasteiger partial charge in [-0.05, 0) is 89.9 Å². The first kappa shape index (κ1) is 71.9. The number of allylic oxidation sites excluding steroid dienone is 17. The van der Waals surface area contributed by atoms with E-state index in [2.05, 4.69) is 116 Å². The van der Waals surface area contributed by atoms with E-state index in [0.717, 1.165) is 96.3 Å². The molecule has 0 bridgehead atoms. The zero-order chi connectivity index (χ0) is 55.8. The van der Waals surface area contributed by atoms with E-state index in [0.29, 0.717) is 6.42 Å². The highest BCUT2D eigenvalue weighted by molar-refractivity contribution is 5.76. The lowest BCUT2D eigenvalue weighted by molar-refractivity contribution is -0.302. The predicted octanol–water partition coefficient (Wildman–Crippen LogP) is 16.5. The number of nitrogens with one attached hydrogen (secondary N) is 1. The molecule has 1 heterocycles. The fourth-order valence-electron chi connectivity index (χ4n) is 9.39.